The van der Waals surface area contributed by atoms with Crippen LogP contribution in [0.5, 0.6) is 0 Å². The first-order valence-corrected chi connectivity index (χ1v) is 7.14. The summed E-state index contributed by atoms with van der Waals surface area (Å²) in [6, 6.07) is 7.73. The number of nitrogens with one attached hydrogen (secondary N) is 2. The molecule has 0 amide bonds. The van der Waals surface area contributed by atoms with Crippen LogP contribution < -0.4 is 16.6 Å². The Balaban J connectivity index is 2.04. The van der Waals surface area contributed by atoms with Crippen LogP contribution >= 0.6 is 31.9 Å². The first kappa shape index (κ1) is 14.1. The average Bonchev–Trinajstić information content (AvgIpc) is 2.38. The van der Waals surface area contributed by atoms with Gasteiger partial charge in [0.15, 0.2) is 0 Å². The fourth-order valence-corrected chi connectivity index (χ4v) is 2.34. The molecule has 7 heteroatoms. The van der Waals surface area contributed by atoms with Crippen LogP contribution in [0.2, 0.25) is 0 Å². The van der Waals surface area contributed by atoms with E-state index in [2.05, 4.69) is 42.2 Å². The van der Waals surface area contributed by atoms with Crippen LogP contribution in [0.3, 0.4) is 0 Å². The van der Waals surface area contributed by atoms with E-state index in [1.807, 2.05) is 24.3 Å². The Labute approximate surface area is 125 Å². The summed E-state index contributed by atoms with van der Waals surface area (Å²) < 4.78 is 2.74. The molecular weight excluding hydrogens is 378 g/mol. The smallest absolute Gasteiger partial charge is 0.328 e. The fourth-order valence-electron chi connectivity index (χ4n) is 1.56. The Morgan fingerprint density at radius 3 is 2.63 bits per heavy atom. The average molecular weight is 389 g/mol. The van der Waals surface area contributed by atoms with Crippen molar-refractivity contribution in [3.63, 3.8) is 0 Å². The molecule has 19 heavy (non-hydrogen) atoms. The lowest BCUT2D eigenvalue weighted by molar-refractivity contribution is 0.666. The predicted molar refractivity (Wildman–Crippen MR) is 81.7 cm³/mol. The van der Waals surface area contributed by atoms with Crippen LogP contribution in [-0.2, 0) is 6.54 Å². The van der Waals surface area contributed by atoms with Crippen LogP contribution in [0.25, 0.3) is 0 Å². The van der Waals surface area contributed by atoms with Crippen molar-refractivity contribution in [2.24, 2.45) is 0 Å². The molecule has 0 atom stereocenters. The van der Waals surface area contributed by atoms with Gasteiger partial charge in [0.1, 0.15) is 0 Å². The number of aromatic amines is 1. The summed E-state index contributed by atoms with van der Waals surface area (Å²) in [6.45, 7) is 1.02. The third-order valence-electron chi connectivity index (χ3n) is 2.51. The molecular formula is C12H11Br2N3O2. The Morgan fingerprint density at radius 2 is 1.89 bits per heavy atom. The summed E-state index contributed by atoms with van der Waals surface area (Å²) in [5, 5.41) is 3.21. The number of H-pyrrole nitrogens is 1. The number of aromatic nitrogens is 2. The number of nitrogens with zero attached hydrogens (tertiary/aromatic N) is 1. The third kappa shape index (κ3) is 3.57. The largest absolute Gasteiger partial charge is 0.382 e. The maximum atomic E-state index is 11.6. The Bertz CT molecular complexity index is 694. The van der Waals surface area contributed by atoms with E-state index in [0.717, 1.165) is 10.2 Å². The molecule has 0 aliphatic carbocycles. The molecule has 0 saturated heterocycles. The molecule has 0 bridgehead atoms. The van der Waals surface area contributed by atoms with Gasteiger partial charge in [0, 0.05) is 29.4 Å². The number of hydrogen-bond donors (Lipinski definition) is 2. The van der Waals surface area contributed by atoms with Gasteiger partial charge in [0.05, 0.1) is 4.47 Å². The quantitative estimate of drug-likeness (QED) is 0.843. The van der Waals surface area contributed by atoms with Gasteiger partial charge >= 0.3 is 5.69 Å². The summed E-state index contributed by atoms with van der Waals surface area (Å²) in [7, 11) is 0. The molecule has 0 unspecified atom stereocenters. The highest BCUT2D eigenvalue weighted by Crippen LogP contribution is 2.20. The van der Waals surface area contributed by atoms with Gasteiger partial charge < -0.3 is 5.32 Å². The summed E-state index contributed by atoms with van der Waals surface area (Å²) in [6.07, 6.45) is 1.49. The lowest BCUT2D eigenvalue weighted by atomic mass is 10.3. The van der Waals surface area contributed by atoms with Crippen LogP contribution in [-0.4, -0.2) is 16.1 Å². The van der Waals surface area contributed by atoms with E-state index in [9.17, 15) is 9.59 Å². The van der Waals surface area contributed by atoms with Crippen molar-refractivity contribution < 1.29 is 0 Å². The molecule has 1 heterocycles. The fraction of sp³-hybridized carbons (Fsp3) is 0.167. The highest BCUT2D eigenvalue weighted by Gasteiger charge is 2.02. The van der Waals surface area contributed by atoms with E-state index in [-0.39, 0.29) is 0 Å². The molecule has 100 valence electrons. The lowest BCUT2D eigenvalue weighted by Gasteiger charge is -2.09. The number of hydrogen-bond acceptors (Lipinski definition) is 3. The second-order valence-electron chi connectivity index (χ2n) is 3.84. The predicted octanol–water partition coefficient (Wildman–Crippen LogP) is 2.17. The van der Waals surface area contributed by atoms with Gasteiger partial charge in [-0.05, 0) is 44.0 Å². The molecule has 0 fully saturated rings. The monoisotopic (exact) mass is 387 g/mol. The molecule has 0 saturated carbocycles. The Hall–Kier alpha value is -1.34. The summed E-state index contributed by atoms with van der Waals surface area (Å²) >= 11 is 6.53. The highest BCUT2D eigenvalue weighted by molar-refractivity contribution is 9.10. The molecule has 0 aliphatic heterocycles. The number of para-hydroxylation sites is 1. The molecule has 0 aliphatic rings. The van der Waals surface area contributed by atoms with Gasteiger partial charge in [-0.15, -0.1) is 0 Å². The molecule has 2 rings (SSSR count). The van der Waals surface area contributed by atoms with Crippen molar-refractivity contribution in [1.82, 2.24) is 9.55 Å². The second-order valence-corrected chi connectivity index (χ2v) is 5.55. The number of anilines is 1. The van der Waals surface area contributed by atoms with Crippen molar-refractivity contribution in [3.8, 4) is 0 Å². The standard InChI is InChI=1S/C12H11Br2N3O2/c13-8-3-1-2-4-10(8)15-5-6-17-7-9(14)11(18)16-12(17)19/h1-4,7,15H,5-6H2,(H,16,18,19). The van der Waals surface area contributed by atoms with Gasteiger partial charge in [-0.25, -0.2) is 4.79 Å². The van der Waals surface area contributed by atoms with Crippen LogP contribution in [0, 0.1) is 0 Å². The Kier molecular flexibility index (Phi) is 4.60. The van der Waals surface area contributed by atoms with Crippen molar-refractivity contribution in [2.75, 3.05) is 11.9 Å². The summed E-state index contributed by atoms with van der Waals surface area (Å²) in [5.74, 6) is 0. The number of benzene rings is 1. The lowest BCUT2D eigenvalue weighted by Crippen LogP contribution is -2.31. The maximum Gasteiger partial charge on any atom is 0.328 e. The van der Waals surface area contributed by atoms with Crippen molar-refractivity contribution >= 4 is 37.5 Å². The summed E-state index contributed by atoms with van der Waals surface area (Å²) in [4.78, 5) is 25.0. The number of rotatable bonds is 4. The van der Waals surface area contributed by atoms with Crippen molar-refractivity contribution in [3.05, 3.63) is 60.2 Å². The van der Waals surface area contributed by atoms with Gasteiger partial charge in [-0.2, -0.15) is 0 Å². The minimum absolute atomic E-state index is 0.341. The first-order valence-electron chi connectivity index (χ1n) is 5.55. The van der Waals surface area contributed by atoms with Crippen molar-refractivity contribution in [2.45, 2.75) is 6.54 Å². The normalized spacial score (nSPS) is 10.4. The third-order valence-corrected chi connectivity index (χ3v) is 3.77. The summed E-state index contributed by atoms with van der Waals surface area (Å²) in [5.41, 5.74) is 0.126. The molecule has 2 aromatic rings. The first-order chi connectivity index (χ1) is 9.08. The van der Waals surface area contributed by atoms with Gasteiger partial charge in [-0.1, -0.05) is 12.1 Å². The van der Waals surface area contributed by atoms with Gasteiger partial charge in [0.2, 0.25) is 0 Å². The SMILES string of the molecule is O=c1[nH]c(=O)n(CCNc2ccccc2Br)cc1Br. The molecule has 5 nitrogen and oxygen atoms in total. The molecule has 1 aromatic carbocycles. The molecule has 0 spiro atoms. The van der Waals surface area contributed by atoms with Crippen molar-refractivity contribution in [1.29, 1.82) is 0 Å². The zero-order chi connectivity index (χ0) is 13.8. The van der Waals surface area contributed by atoms with E-state index in [0.29, 0.717) is 17.6 Å². The van der Waals surface area contributed by atoms with Crippen LogP contribution in [0.1, 0.15) is 0 Å². The van der Waals surface area contributed by atoms with E-state index >= 15 is 0 Å². The number of halogens is 2. The van der Waals surface area contributed by atoms with Gasteiger partial charge in [-0.3, -0.25) is 14.3 Å². The zero-order valence-corrected chi connectivity index (χ0v) is 13.0. The second kappa shape index (κ2) is 6.21. The molecule has 0 radical (unpaired) electrons. The van der Waals surface area contributed by atoms with E-state index in [1.165, 1.54) is 10.8 Å². The van der Waals surface area contributed by atoms with Gasteiger partial charge in [0.25, 0.3) is 5.56 Å². The topological polar surface area (TPSA) is 66.9 Å². The zero-order valence-electron chi connectivity index (χ0n) is 9.82. The minimum Gasteiger partial charge on any atom is -0.382 e. The Morgan fingerprint density at radius 1 is 1.16 bits per heavy atom. The van der Waals surface area contributed by atoms with E-state index in [1.54, 1.807) is 0 Å². The molecule has 1 aromatic heterocycles. The van der Waals surface area contributed by atoms with Crippen LogP contribution in [0.4, 0.5) is 5.69 Å². The van der Waals surface area contributed by atoms with E-state index < -0.39 is 11.2 Å². The minimum atomic E-state index is -0.417. The highest BCUT2D eigenvalue weighted by atomic mass is 79.9. The van der Waals surface area contributed by atoms with Crippen LogP contribution in [0.15, 0.2) is 49.0 Å². The maximum absolute atomic E-state index is 11.6. The molecule has 2 N–H and O–H groups in total. The van der Waals surface area contributed by atoms with E-state index in [4.69, 9.17) is 0 Å².